The maximum Gasteiger partial charge on any atom is 0.416 e. The molecule has 1 aromatic heterocycles. The molecular formula is C35H35F4N3OS. The highest BCUT2D eigenvalue weighted by molar-refractivity contribution is 7.80. The molecule has 6 rings (SSSR count). The first kappa shape index (κ1) is 31.7. The van der Waals surface area contributed by atoms with Gasteiger partial charge in [-0.2, -0.15) is 13.2 Å². The van der Waals surface area contributed by atoms with Crippen molar-refractivity contribution in [3.05, 3.63) is 124 Å². The minimum absolute atomic E-state index is 0.0297. The number of rotatable bonds is 5. The first-order valence-corrected chi connectivity index (χ1v) is 15.1. The molecule has 2 aliphatic carbocycles. The molecule has 2 N–H and O–H groups in total. The van der Waals surface area contributed by atoms with E-state index in [1.165, 1.54) is 29.8 Å². The zero-order valence-corrected chi connectivity index (χ0v) is 25.5. The van der Waals surface area contributed by atoms with E-state index in [4.69, 9.17) is 5.73 Å². The molecule has 9 heteroatoms. The molecule has 4 nitrogen and oxygen atoms in total. The zero-order valence-electron chi connectivity index (χ0n) is 24.6. The Kier molecular flexibility index (Phi) is 9.46. The van der Waals surface area contributed by atoms with Crippen LogP contribution in [-0.2, 0) is 23.9 Å². The van der Waals surface area contributed by atoms with Gasteiger partial charge in [-0.15, -0.1) is 12.6 Å². The molecule has 230 valence electrons. The maximum absolute atomic E-state index is 14.0. The number of alkyl halides is 3. The van der Waals surface area contributed by atoms with Crippen LogP contribution in [-0.4, -0.2) is 10.9 Å². The van der Waals surface area contributed by atoms with Gasteiger partial charge in [0.2, 0.25) is 5.91 Å². The summed E-state index contributed by atoms with van der Waals surface area (Å²) in [5, 5.41) is 0. The summed E-state index contributed by atoms with van der Waals surface area (Å²) in [7, 11) is 0. The lowest BCUT2D eigenvalue weighted by Crippen LogP contribution is -2.33. The first-order valence-electron chi connectivity index (χ1n) is 14.7. The number of hydrogen-bond acceptors (Lipinski definition) is 4. The molecule has 3 aromatic carbocycles. The molecular weight excluding hydrogens is 586 g/mol. The van der Waals surface area contributed by atoms with Crippen LogP contribution in [0.2, 0.25) is 0 Å². The number of fused-ring (bicyclic) bond motifs is 1. The lowest BCUT2D eigenvalue weighted by molar-refractivity contribution is -0.137. The number of benzene rings is 3. The number of carbonyl (C=O) groups is 1. The number of pyridine rings is 1. The lowest BCUT2D eigenvalue weighted by Gasteiger charge is -2.28. The first-order chi connectivity index (χ1) is 20.9. The molecule has 44 heavy (non-hydrogen) atoms. The third-order valence-corrected chi connectivity index (χ3v) is 8.75. The van der Waals surface area contributed by atoms with E-state index in [1.54, 1.807) is 17.0 Å². The van der Waals surface area contributed by atoms with Crippen molar-refractivity contribution in [1.82, 2.24) is 4.98 Å². The van der Waals surface area contributed by atoms with E-state index < -0.39 is 11.7 Å². The number of nitrogens with two attached hydrogens (primary N) is 1. The van der Waals surface area contributed by atoms with Gasteiger partial charge in [-0.3, -0.25) is 9.78 Å². The van der Waals surface area contributed by atoms with E-state index in [2.05, 4.69) is 23.7 Å². The SMILES string of the molecule is Cc1cccc(CN(C(=O)C2C(C)C2c2ccc(C(F)(F)F)cc2)c2ccc3c(c2)C(N)CCC3)n1.Fc1ccc(S)cc1. The Bertz CT molecular complexity index is 1590. The van der Waals surface area contributed by atoms with Crippen LogP contribution in [0.5, 0.6) is 0 Å². The third-order valence-electron chi connectivity index (χ3n) is 8.45. The number of amides is 1. The summed E-state index contributed by atoms with van der Waals surface area (Å²) in [5.41, 5.74) is 11.2. The Labute approximate surface area is 260 Å². The van der Waals surface area contributed by atoms with Gasteiger partial charge in [0.05, 0.1) is 17.8 Å². The molecule has 0 saturated heterocycles. The van der Waals surface area contributed by atoms with Gasteiger partial charge in [-0.25, -0.2) is 4.39 Å². The predicted molar refractivity (Wildman–Crippen MR) is 167 cm³/mol. The van der Waals surface area contributed by atoms with Crippen LogP contribution in [0.15, 0.2) is 89.8 Å². The van der Waals surface area contributed by atoms with Crippen LogP contribution in [0.1, 0.15) is 65.4 Å². The number of nitrogens with zero attached hydrogens (tertiary/aromatic N) is 2. The molecule has 1 saturated carbocycles. The maximum atomic E-state index is 14.0. The topological polar surface area (TPSA) is 59.2 Å². The fourth-order valence-corrected chi connectivity index (χ4v) is 6.15. The van der Waals surface area contributed by atoms with E-state index in [9.17, 15) is 22.4 Å². The summed E-state index contributed by atoms with van der Waals surface area (Å²) in [6.45, 7) is 4.21. The number of aryl methyl sites for hydroxylation is 2. The smallest absolute Gasteiger partial charge is 0.324 e. The molecule has 4 atom stereocenters. The molecule has 1 amide bonds. The summed E-state index contributed by atoms with van der Waals surface area (Å²) < 4.78 is 51.1. The van der Waals surface area contributed by atoms with E-state index in [1.807, 2.05) is 44.2 Å². The van der Waals surface area contributed by atoms with Gasteiger partial charge >= 0.3 is 6.18 Å². The summed E-state index contributed by atoms with van der Waals surface area (Å²) in [6, 6.07) is 22.9. The van der Waals surface area contributed by atoms with Gasteiger partial charge in [-0.1, -0.05) is 31.2 Å². The molecule has 4 unspecified atom stereocenters. The van der Waals surface area contributed by atoms with Gasteiger partial charge in [0, 0.05) is 28.2 Å². The Hall–Kier alpha value is -3.69. The van der Waals surface area contributed by atoms with E-state index in [-0.39, 0.29) is 35.5 Å². The normalized spacial score (nSPS) is 20.6. The zero-order chi connectivity index (χ0) is 31.6. The second-order valence-corrected chi connectivity index (χ2v) is 12.1. The number of anilines is 1. The largest absolute Gasteiger partial charge is 0.416 e. The van der Waals surface area contributed by atoms with Gasteiger partial charge in [0.25, 0.3) is 0 Å². The minimum atomic E-state index is -4.38. The van der Waals surface area contributed by atoms with Gasteiger partial charge in [0.1, 0.15) is 5.82 Å². The third kappa shape index (κ3) is 7.33. The van der Waals surface area contributed by atoms with Crippen molar-refractivity contribution in [2.75, 3.05) is 4.90 Å². The quantitative estimate of drug-likeness (QED) is 0.174. The predicted octanol–water partition coefficient (Wildman–Crippen LogP) is 8.44. The van der Waals surface area contributed by atoms with Gasteiger partial charge in [0.15, 0.2) is 0 Å². The van der Waals surface area contributed by atoms with Crippen molar-refractivity contribution in [2.24, 2.45) is 17.6 Å². The number of hydrogen-bond donors (Lipinski definition) is 2. The van der Waals surface area contributed by atoms with Crippen LogP contribution < -0.4 is 10.6 Å². The summed E-state index contributed by atoms with van der Waals surface area (Å²) >= 11 is 3.97. The number of thiol groups is 1. The molecule has 0 radical (unpaired) electrons. The Morgan fingerprint density at radius 3 is 2.36 bits per heavy atom. The number of aromatic nitrogens is 1. The van der Waals surface area contributed by atoms with Crippen LogP contribution in [0.3, 0.4) is 0 Å². The average molecular weight is 622 g/mol. The highest BCUT2D eigenvalue weighted by Gasteiger charge is 2.54. The van der Waals surface area contributed by atoms with Crippen molar-refractivity contribution in [3.8, 4) is 0 Å². The fourth-order valence-electron chi connectivity index (χ4n) is 6.00. The Balaban J connectivity index is 0.000000418. The second kappa shape index (κ2) is 13.1. The fraction of sp³-hybridized carbons (Fsp3) is 0.314. The monoisotopic (exact) mass is 621 g/mol. The van der Waals surface area contributed by atoms with Crippen molar-refractivity contribution >= 4 is 24.2 Å². The Morgan fingerprint density at radius 1 is 1.02 bits per heavy atom. The number of carbonyl (C=O) groups excluding carboxylic acids is 1. The minimum Gasteiger partial charge on any atom is -0.324 e. The summed E-state index contributed by atoms with van der Waals surface area (Å²) in [4.78, 5) is 21.1. The average Bonchev–Trinajstić information content (AvgIpc) is 3.67. The summed E-state index contributed by atoms with van der Waals surface area (Å²) in [6.07, 6.45) is -1.43. The molecule has 4 aromatic rings. The van der Waals surface area contributed by atoms with E-state index >= 15 is 0 Å². The van der Waals surface area contributed by atoms with E-state index in [0.717, 1.165) is 64.5 Å². The standard InChI is InChI=1S/C29H30F3N3O.C6H5FS/c1-17-5-3-7-22(34-17)16-35(23-14-11-19-6-4-8-25(33)24(19)15-23)28(36)27-18(2)26(27)20-9-12-21(13-10-20)29(30,31)32;7-5-1-3-6(8)4-2-5/h3,5,7,9-15,18,25-27H,4,6,8,16,33H2,1-2H3;1-4,8H. The van der Waals surface area contributed by atoms with Crippen molar-refractivity contribution in [1.29, 1.82) is 0 Å². The molecule has 0 bridgehead atoms. The molecule has 1 heterocycles. The van der Waals surface area contributed by atoms with Crippen LogP contribution in [0.4, 0.5) is 23.2 Å². The van der Waals surface area contributed by atoms with Gasteiger partial charge < -0.3 is 10.6 Å². The highest BCUT2D eigenvalue weighted by atomic mass is 32.1. The van der Waals surface area contributed by atoms with Crippen LogP contribution >= 0.6 is 12.6 Å². The van der Waals surface area contributed by atoms with Gasteiger partial charge in [-0.05, 0) is 115 Å². The highest BCUT2D eigenvalue weighted by Crippen LogP contribution is 2.55. The lowest BCUT2D eigenvalue weighted by atomic mass is 9.88. The number of halogens is 4. The Morgan fingerprint density at radius 2 is 1.73 bits per heavy atom. The summed E-state index contributed by atoms with van der Waals surface area (Å²) in [5.74, 6) is -0.659. The van der Waals surface area contributed by atoms with Crippen molar-refractivity contribution in [3.63, 3.8) is 0 Å². The van der Waals surface area contributed by atoms with Crippen LogP contribution in [0, 0.1) is 24.6 Å². The second-order valence-electron chi connectivity index (χ2n) is 11.6. The molecule has 0 aliphatic heterocycles. The molecule has 2 aliphatic rings. The van der Waals surface area contributed by atoms with Crippen molar-refractivity contribution in [2.45, 2.75) is 62.7 Å². The van der Waals surface area contributed by atoms with Crippen LogP contribution in [0.25, 0.3) is 0 Å². The van der Waals surface area contributed by atoms with Crippen molar-refractivity contribution < 1.29 is 22.4 Å². The molecule has 0 spiro atoms. The van der Waals surface area contributed by atoms with E-state index in [0.29, 0.717) is 6.54 Å². The molecule has 1 fully saturated rings.